The van der Waals surface area contributed by atoms with Gasteiger partial charge < -0.3 is 19.7 Å². The summed E-state index contributed by atoms with van der Waals surface area (Å²) in [7, 11) is 0. The van der Waals surface area contributed by atoms with Crippen LogP contribution in [0, 0.1) is 11.3 Å². The standard InChI is InChI=1S/C19H18N2O4/c1-18-6-7-19(2,25-18)14-13(18)16(22)21(17(14)23)12-4-3-10(9-20)15-11(12)5-8-24-15/h3-4,22-23H,5-8H2,1-2H3. The fraction of sp³-hybridized carbons (Fsp3) is 0.421. The lowest BCUT2D eigenvalue weighted by molar-refractivity contribution is -0.0683. The molecule has 2 atom stereocenters. The summed E-state index contributed by atoms with van der Waals surface area (Å²) in [5.41, 5.74) is 2.15. The molecule has 1 aromatic carbocycles. The van der Waals surface area contributed by atoms with Crippen LogP contribution in [0.15, 0.2) is 12.1 Å². The molecule has 0 amide bonds. The molecular formula is C19H18N2O4. The highest BCUT2D eigenvalue weighted by Gasteiger charge is 2.59. The van der Waals surface area contributed by atoms with Crippen LogP contribution in [0.25, 0.3) is 5.69 Å². The van der Waals surface area contributed by atoms with Crippen LogP contribution in [0.2, 0.25) is 0 Å². The zero-order chi connectivity index (χ0) is 17.6. The van der Waals surface area contributed by atoms with Gasteiger partial charge in [0, 0.05) is 12.0 Å². The zero-order valence-electron chi connectivity index (χ0n) is 14.1. The van der Waals surface area contributed by atoms with Gasteiger partial charge in [-0.05, 0) is 38.8 Å². The minimum atomic E-state index is -0.580. The average Bonchev–Trinajstić information content (AvgIpc) is 3.28. The van der Waals surface area contributed by atoms with Crippen molar-refractivity contribution >= 4 is 0 Å². The molecule has 0 aliphatic carbocycles. The number of fused-ring (bicyclic) bond motifs is 6. The van der Waals surface area contributed by atoms with Crippen LogP contribution in [-0.2, 0) is 22.4 Å². The van der Waals surface area contributed by atoms with Crippen molar-refractivity contribution in [3.05, 3.63) is 34.4 Å². The van der Waals surface area contributed by atoms with E-state index >= 15 is 0 Å². The molecule has 2 N–H and O–H groups in total. The van der Waals surface area contributed by atoms with E-state index in [2.05, 4.69) is 6.07 Å². The first kappa shape index (κ1) is 14.7. The summed E-state index contributed by atoms with van der Waals surface area (Å²) in [6, 6.07) is 5.55. The van der Waals surface area contributed by atoms with E-state index in [1.54, 1.807) is 12.1 Å². The van der Waals surface area contributed by atoms with Crippen molar-refractivity contribution in [1.82, 2.24) is 4.57 Å². The number of hydrogen-bond donors (Lipinski definition) is 2. The molecule has 3 aliphatic rings. The SMILES string of the molecule is CC12CCC(C)(O1)c1c2c(O)n(-c2ccc(C#N)c3c2CCO3)c1O. The first-order valence-electron chi connectivity index (χ1n) is 8.46. The van der Waals surface area contributed by atoms with Gasteiger partial charge in [-0.25, -0.2) is 0 Å². The third kappa shape index (κ3) is 1.57. The molecule has 0 saturated carbocycles. The summed E-state index contributed by atoms with van der Waals surface area (Å²) in [4.78, 5) is 0. The van der Waals surface area contributed by atoms with E-state index in [1.165, 1.54) is 4.57 Å². The molecule has 2 bridgehead atoms. The molecule has 1 aromatic heterocycles. The fourth-order valence-corrected chi connectivity index (χ4v) is 4.78. The van der Waals surface area contributed by atoms with Crippen molar-refractivity contribution in [2.45, 2.75) is 44.3 Å². The Labute approximate surface area is 144 Å². The number of ether oxygens (including phenoxy) is 2. The number of nitrogens with zero attached hydrogens (tertiary/aromatic N) is 2. The van der Waals surface area contributed by atoms with Crippen molar-refractivity contribution in [2.75, 3.05) is 6.61 Å². The van der Waals surface area contributed by atoms with Crippen LogP contribution in [0.5, 0.6) is 17.5 Å². The van der Waals surface area contributed by atoms with Gasteiger partial charge in [0.2, 0.25) is 11.8 Å². The van der Waals surface area contributed by atoms with Crippen LogP contribution in [0.1, 0.15) is 48.9 Å². The minimum absolute atomic E-state index is 0.0113. The molecular weight excluding hydrogens is 320 g/mol. The molecule has 25 heavy (non-hydrogen) atoms. The van der Waals surface area contributed by atoms with Crippen LogP contribution >= 0.6 is 0 Å². The van der Waals surface area contributed by atoms with Gasteiger partial charge in [-0.2, -0.15) is 5.26 Å². The highest BCUT2D eigenvalue weighted by molar-refractivity contribution is 5.66. The molecule has 1 saturated heterocycles. The molecule has 6 nitrogen and oxygen atoms in total. The Kier molecular flexibility index (Phi) is 2.52. The van der Waals surface area contributed by atoms with E-state index in [0.717, 1.165) is 18.4 Å². The van der Waals surface area contributed by atoms with Crippen LogP contribution in [0.3, 0.4) is 0 Å². The summed E-state index contributed by atoms with van der Waals surface area (Å²) >= 11 is 0. The van der Waals surface area contributed by atoms with E-state index in [-0.39, 0.29) is 11.8 Å². The smallest absolute Gasteiger partial charge is 0.205 e. The van der Waals surface area contributed by atoms with Crippen LogP contribution < -0.4 is 4.74 Å². The predicted octanol–water partition coefficient (Wildman–Crippen LogP) is 2.95. The predicted molar refractivity (Wildman–Crippen MR) is 88.0 cm³/mol. The third-order valence-corrected chi connectivity index (χ3v) is 5.90. The number of hydrogen-bond acceptors (Lipinski definition) is 5. The molecule has 4 heterocycles. The second kappa shape index (κ2) is 4.30. The number of aromatic hydroxyl groups is 2. The second-order valence-corrected chi connectivity index (χ2v) is 7.45. The Hall–Kier alpha value is -2.65. The Morgan fingerprint density at radius 2 is 1.76 bits per heavy atom. The lowest BCUT2D eigenvalue weighted by atomic mass is 9.80. The molecule has 3 aliphatic heterocycles. The van der Waals surface area contributed by atoms with E-state index in [1.807, 2.05) is 13.8 Å². The molecule has 5 rings (SSSR count). The van der Waals surface area contributed by atoms with Crippen molar-refractivity contribution in [3.8, 4) is 29.3 Å². The topological polar surface area (TPSA) is 87.6 Å². The zero-order valence-corrected chi connectivity index (χ0v) is 14.1. The molecule has 2 unspecified atom stereocenters. The molecule has 0 radical (unpaired) electrons. The van der Waals surface area contributed by atoms with Gasteiger partial charge in [-0.3, -0.25) is 4.57 Å². The van der Waals surface area contributed by atoms with Gasteiger partial charge in [0.25, 0.3) is 0 Å². The summed E-state index contributed by atoms with van der Waals surface area (Å²) in [5.74, 6) is 0.568. The maximum absolute atomic E-state index is 11.0. The summed E-state index contributed by atoms with van der Waals surface area (Å²) < 4.78 is 13.2. The number of rotatable bonds is 1. The Morgan fingerprint density at radius 1 is 1.12 bits per heavy atom. The summed E-state index contributed by atoms with van der Waals surface area (Å²) in [6.07, 6.45) is 2.25. The maximum atomic E-state index is 11.0. The van der Waals surface area contributed by atoms with Crippen LogP contribution in [0.4, 0.5) is 0 Å². The van der Waals surface area contributed by atoms with E-state index < -0.39 is 11.2 Å². The largest absolute Gasteiger partial charge is 0.494 e. The first-order chi connectivity index (χ1) is 11.9. The van der Waals surface area contributed by atoms with Gasteiger partial charge >= 0.3 is 0 Å². The Morgan fingerprint density at radius 3 is 2.36 bits per heavy atom. The van der Waals surface area contributed by atoms with Crippen molar-refractivity contribution in [2.24, 2.45) is 0 Å². The van der Waals surface area contributed by atoms with Gasteiger partial charge in [-0.15, -0.1) is 0 Å². The van der Waals surface area contributed by atoms with Crippen molar-refractivity contribution < 1.29 is 19.7 Å². The monoisotopic (exact) mass is 338 g/mol. The Balaban J connectivity index is 1.80. The van der Waals surface area contributed by atoms with Gasteiger partial charge in [0.15, 0.2) is 0 Å². The molecule has 6 heteroatoms. The second-order valence-electron chi connectivity index (χ2n) is 7.45. The summed E-state index contributed by atoms with van der Waals surface area (Å²) in [5, 5.41) is 31.2. The fourth-order valence-electron chi connectivity index (χ4n) is 4.78. The van der Waals surface area contributed by atoms with Gasteiger partial charge in [0.1, 0.15) is 11.8 Å². The minimum Gasteiger partial charge on any atom is -0.494 e. The molecule has 2 aromatic rings. The van der Waals surface area contributed by atoms with Crippen molar-refractivity contribution in [1.29, 1.82) is 5.26 Å². The van der Waals surface area contributed by atoms with E-state index in [0.29, 0.717) is 41.2 Å². The summed E-state index contributed by atoms with van der Waals surface area (Å²) in [6.45, 7) is 4.40. The Bertz CT molecular complexity index is 947. The lowest BCUT2D eigenvalue weighted by Gasteiger charge is -2.21. The maximum Gasteiger partial charge on any atom is 0.205 e. The highest BCUT2D eigenvalue weighted by Crippen LogP contribution is 2.64. The normalized spacial score (nSPS) is 28.5. The highest BCUT2D eigenvalue weighted by atomic mass is 16.5. The van der Waals surface area contributed by atoms with E-state index in [4.69, 9.17) is 9.47 Å². The number of benzene rings is 1. The average molecular weight is 338 g/mol. The third-order valence-electron chi connectivity index (χ3n) is 5.90. The van der Waals surface area contributed by atoms with Crippen molar-refractivity contribution in [3.63, 3.8) is 0 Å². The number of aromatic nitrogens is 1. The molecule has 128 valence electrons. The molecule has 1 fully saturated rings. The molecule has 0 spiro atoms. The van der Waals surface area contributed by atoms with E-state index in [9.17, 15) is 15.5 Å². The van der Waals surface area contributed by atoms with Crippen LogP contribution in [-0.4, -0.2) is 21.4 Å². The first-order valence-corrected chi connectivity index (χ1v) is 8.46. The number of nitriles is 1. The quantitative estimate of drug-likeness (QED) is 0.835. The van der Waals surface area contributed by atoms with Gasteiger partial charge in [0.05, 0.1) is 40.2 Å². The lowest BCUT2D eigenvalue weighted by Crippen LogP contribution is -2.17. The van der Waals surface area contributed by atoms with Gasteiger partial charge in [-0.1, -0.05) is 0 Å².